The highest BCUT2D eigenvalue weighted by Gasteiger charge is 2.07. The molecule has 0 bridgehead atoms. The molecule has 0 aliphatic carbocycles. The van der Waals surface area contributed by atoms with E-state index in [1.807, 2.05) is 4.90 Å². The molecule has 0 heterocycles. The van der Waals surface area contributed by atoms with Gasteiger partial charge in [0.2, 0.25) is 5.91 Å². The second-order valence-corrected chi connectivity index (χ2v) is 3.24. The summed E-state index contributed by atoms with van der Waals surface area (Å²) in [4.78, 5) is 13.2. The highest BCUT2D eigenvalue weighted by atomic mass is 16.2. The van der Waals surface area contributed by atoms with Crippen molar-refractivity contribution >= 4 is 5.91 Å². The fourth-order valence-corrected chi connectivity index (χ4v) is 1.28. The van der Waals surface area contributed by atoms with Crippen molar-refractivity contribution in [2.24, 2.45) is 0 Å². The third-order valence-corrected chi connectivity index (χ3v) is 2.01. The van der Waals surface area contributed by atoms with Crippen LogP contribution in [0.2, 0.25) is 0 Å². The molecule has 0 N–H and O–H groups in total. The molecule has 0 aromatic carbocycles. The summed E-state index contributed by atoms with van der Waals surface area (Å²) >= 11 is 0. The predicted molar refractivity (Wildman–Crippen MR) is 56.6 cm³/mol. The highest BCUT2D eigenvalue weighted by Crippen LogP contribution is 2.00. The topological polar surface area (TPSA) is 20.3 Å². The Kier molecular flexibility index (Phi) is 7.36. The Hall–Kier alpha value is -0.790. The lowest BCUT2D eigenvalue weighted by molar-refractivity contribution is -0.126. The molecule has 0 aromatic rings. The number of carbonyl (C=O) groups is 1. The van der Waals surface area contributed by atoms with Gasteiger partial charge >= 0.3 is 0 Å². The first-order valence-corrected chi connectivity index (χ1v) is 5.17. The molecule has 0 aromatic heterocycles. The van der Waals surface area contributed by atoms with Crippen molar-refractivity contribution < 1.29 is 4.79 Å². The van der Waals surface area contributed by atoms with Gasteiger partial charge in [-0.1, -0.05) is 33.3 Å². The minimum absolute atomic E-state index is 0.0675. The Labute approximate surface area is 81.6 Å². The fraction of sp³-hybridized carbons (Fsp3) is 0.727. The first kappa shape index (κ1) is 12.2. The molecule has 0 aliphatic rings. The van der Waals surface area contributed by atoms with Gasteiger partial charge < -0.3 is 4.90 Å². The number of unbranched alkanes of at least 4 members (excludes halogenated alkanes) is 2. The van der Waals surface area contributed by atoms with Crippen LogP contribution in [-0.2, 0) is 4.79 Å². The van der Waals surface area contributed by atoms with Crippen LogP contribution in [-0.4, -0.2) is 23.9 Å². The van der Waals surface area contributed by atoms with Crippen molar-refractivity contribution in [1.82, 2.24) is 4.90 Å². The zero-order valence-electron chi connectivity index (χ0n) is 8.88. The summed E-state index contributed by atoms with van der Waals surface area (Å²) in [6.07, 6.45) is 5.93. The van der Waals surface area contributed by atoms with Crippen molar-refractivity contribution in [3.8, 4) is 0 Å². The summed E-state index contributed by atoms with van der Waals surface area (Å²) in [5, 5.41) is 0. The Bertz CT molecular complexity index is 154. The average molecular weight is 183 g/mol. The molecule has 0 saturated heterocycles. The third-order valence-electron chi connectivity index (χ3n) is 2.01. The Morgan fingerprint density at radius 1 is 1.23 bits per heavy atom. The van der Waals surface area contributed by atoms with E-state index in [0.717, 1.165) is 25.9 Å². The second-order valence-electron chi connectivity index (χ2n) is 3.24. The predicted octanol–water partition coefficient (Wildman–Crippen LogP) is 2.60. The van der Waals surface area contributed by atoms with E-state index >= 15 is 0 Å². The van der Waals surface area contributed by atoms with Crippen LogP contribution >= 0.6 is 0 Å². The van der Waals surface area contributed by atoms with Crippen LogP contribution in [0.4, 0.5) is 0 Å². The smallest absolute Gasteiger partial charge is 0.245 e. The van der Waals surface area contributed by atoms with Gasteiger partial charge in [0.25, 0.3) is 0 Å². The van der Waals surface area contributed by atoms with Crippen LogP contribution in [0.3, 0.4) is 0 Å². The van der Waals surface area contributed by atoms with Crippen molar-refractivity contribution in [2.75, 3.05) is 13.1 Å². The molecular formula is C11H21NO. The Morgan fingerprint density at radius 2 is 1.92 bits per heavy atom. The lowest BCUT2D eigenvalue weighted by Crippen LogP contribution is -2.31. The zero-order chi connectivity index (χ0) is 10.1. The molecule has 2 heteroatoms. The Morgan fingerprint density at radius 3 is 2.38 bits per heavy atom. The molecule has 0 fully saturated rings. The molecule has 2 nitrogen and oxygen atoms in total. The maximum Gasteiger partial charge on any atom is 0.245 e. The van der Waals surface area contributed by atoms with Gasteiger partial charge in [-0.2, -0.15) is 0 Å². The van der Waals surface area contributed by atoms with Crippen LogP contribution in [0.15, 0.2) is 12.7 Å². The van der Waals surface area contributed by atoms with Gasteiger partial charge in [-0.05, 0) is 18.9 Å². The zero-order valence-corrected chi connectivity index (χ0v) is 8.88. The average Bonchev–Trinajstić information content (AvgIpc) is 2.16. The summed E-state index contributed by atoms with van der Waals surface area (Å²) in [7, 11) is 0. The van der Waals surface area contributed by atoms with E-state index in [9.17, 15) is 4.79 Å². The number of hydrogen-bond acceptors (Lipinski definition) is 1. The second kappa shape index (κ2) is 7.84. The molecule has 76 valence electrons. The van der Waals surface area contributed by atoms with E-state index in [1.54, 1.807) is 0 Å². The highest BCUT2D eigenvalue weighted by molar-refractivity contribution is 5.86. The van der Waals surface area contributed by atoms with Crippen LogP contribution in [0.1, 0.15) is 39.5 Å². The SMILES string of the molecule is C=CC(=O)N(CCC)CCCCC. The first-order valence-electron chi connectivity index (χ1n) is 5.17. The number of nitrogens with zero attached hydrogens (tertiary/aromatic N) is 1. The number of rotatable bonds is 7. The summed E-state index contributed by atoms with van der Waals surface area (Å²) in [6, 6.07) is 0. The van der Waals surface area contributed by atoms with E-state index in [-0.39, 0.29) is 5.91 Å². The monoisotopic (exact) mass is 183 g/mol. The quantitative estimate of drug-likeness (QED) is 0.439. The van der Waals surface area contributed by atoms with Crippen LogP contribution in [0.25, 0.3) is 0 Å². The molecule has 0 aliphatic heterocycles. The first-order chi connectivity index (χ1) is 6.26. The molecular weight excluding hydrogens is 162 g/mol. The van der Waals surface area contributed by atoms with Crippen molar-refractivity contribution in [3.05, 3.63) is 12.7 Å². The largest absolute Gasteiger partial charge is 0.339 e. The van der Waals surface area contributed by atoms with Crippen LogP contribution in [0, 0.1) is 0 Å². The van der Waals surface area contributed by atoms with Crippen molar-refractivity contribution in [3.63, 3.8) is 0 Å². The van der Waals surface area contributed by atoms with Crippen molar-refractivity contribution in [1.29, 1.82) is 0 Å². The Balaban J connectivity index is 3.79. The molecule has 0 rings (SSSR count). The molecule has 0 radical (unpaired) electrons. The fourth-order valence-electron chi connectivity index (χ4n) is 1.28. The molecule has 0 unspecified atom stereocenters. The molecule has 0 atom stereocenters. The van der Waals surface area contributed by atoms with E-state index in [2.05, 4.69) is 20.4 Å². The lowest BCUT2D eigenvalue weighted by Gasteiger charge is -2.19. The maximum absolute atomic E-state index is 11.3. The number of hydrogen-bond donors (Lipinski definition) is 0. The van der Waals surface area contributed by atoms with Gasteiger partial charge in [-0.25, -0.2) is 0 Å². The van der Waals surface area contributed by atoms with Gasteiger partial charge in [-0.3, -0.25) is 4.79 Å². The number of carbonyl (C=O) groups excluding carboxylic acids is 1. The van der Waals surface area contributed by atoms with Crippen LogP contribution < -0.4 is 0 Å². The summed E-state index contributed by atoms with van der Waals surface area (Å²) in [6.45, 7) is 9.49. The molecule has 1 amide bonds. The maximum atomic E-state index is 11.3. The third kappa shape index (κ3) is 5.45. The van der Waals surface area contributed by atoms with E-state index < -0.39 is 0 Å². The van der Waals surface area contributed by atoms with Gasteiger partial charge in [-0.15, -0.1) is 0 Å². The lowest BCUT2D eigenvalue weighted by atomic mass is 10.2. The minimum Gasteiger partial charge on any atom is -0.339 e. The molecule has 0 spiro atoms. The van der Waals surface area contributed by atoms with Crippen molar-refractivity contribution in [2.45, 2.75) is 39.5 Å². The minimum atomic E-state index is 0.0675. The normalized spacial score (nSPS) is 9.69. The standard InChI is InChI=1S/C11H21NO/c1-4-7-8-10-12(9-5-2)11(13)6-3/h6H,3-5,7-10H2,1-2H3. The van der Waals surface area contributed by atoms with E-state index in [4.69, 9.17) is 0 Å². The van der Waals surface area contributed by atoms with Gasteiger partial charge in [0.1, 0.15) is 0 Å². The molecule has 0 saturated carbocycles. The van der Waals surface area contributed by atoms with E-state index in [0.29, 0.717) is 0 Å². The van der Waals surface area contributed by atoms with Gasteiger partial charge in [0, 0.05) is 13.1 Å². The molecule has 13 heavy (non-hydrogen) atoms. The van der Waals surface area contributed by atoms with E-state index in [1.165, 1.54) is 18.9 Å². The summed E-state index contributed by atoms with van der Waals surface area (Å²) in [5.74, 6) is 0.0675. The van der Waals surface area contributed by atoms with Gasteiger partial charge in [0.05, 0.1) is 0 Å². The van der Waals surface area contributed by atoms with Crippen LogP contribution in [0.5, 0.6) is 0 Å². The summed E-state index contributed by atoms with van der Waals surface area (Å²) < 4.78 is 0. The summed E-state index contributed by atoms with van der Waals surface area (Å²) in [5.41, 5.74) is 0. The number of amides is 1. The van der Waals surface area contributed by atoms with Gasteiger partial charge in [0.15, 0.2) is 0 Å².